The number of allylic oxidation sites excluding steroid dienone is 4. The molecule has 188 valence electrons. The van der Waals surface area contributed by atoms with Crippen molar-refractivity contribution in [2.24, 2.45) is 5.41 Å². The Labute approximate surface area is 227 Å². The zero-order valence-electron chi connectivity index (χ0n) is 22.6. The van der Waals surface area contributed by atoms with Crippen molar-refractivity contribution >= 4 is 52.7 Å². The molecule has 4 heteroatoms. The number of fused-ring (bicyclic) bond motifs is 2. The molecule has 0 fully saturated rings. The molecule has 0 bridgehead atoms. The molecule has 1 aromatic heterocycles. The van der Waals surface area contributed by atoms with Crippen molar-refractivity contribution in [1.82, 2.24) is 0 Å². The first-order chi connectivity index (χ1) is 17.3. The van der Waals surface area contributed by atoms with E-state index < -0.39 is 0 Å². The zero-order chi connectivity index (χ0) is 25.4. The summed E-state index contributed by atoms with van der Waals surface area (Å²) in [7, 11) is 0. The van der Waals surface area contributed by atoms with Crippen LogP contribution in [0.3, 0.4) is 0 Å². The molecule has 2 heterocycles. The molecule has 0 saturated heterocycles. The van der Waals surface area contributed by atoms with E-state index in [1.165, 1.54) is 43.2 Å². The Bertz CT molecular complexity index is 1370. The van der Waals surface area contributed by atoms with Crippen LogP contribution in [0, 0.1) is 19.3 Å². The summed E-state index contributed by atoms with van der Waals surface area (Å²) in [5.41, 5.74) is 8.75. The molecule has 1 aliphatic carbocycles. The zero-order valence-corrected chi connectivity index (χ0v) is 25.1. The van der Waals surface area contributed by atoms with Crippen molar-refractivity contribution in [2.45, 2.75) is 72.3 Å². The second-order valence-corrected chi connectivity index (χ2v) is 14.7. The van der Waals surface area contributed by atoms with Gasteiger partial charge in [0, 0.05) is 0 Å². The van der Waals surface area contributed by atoms with E-state index in [0.29, 0.717) is 19.9 Å². The second-order valence-electron chi connectivity index (χ2n) is 11.1. The Morgan fingerprint density at radius 1 is 1.08 bits per heavy atom. The summed E-state index contributed by atoms with van der Waals surface area (Å²) >= 11 is 2.44. The predicted octanol–water partition coefficient (Wildman–Crippen LogP) is 7.10. The maximum absolute atomic E-state index is 2.63. The van der Waals surface area contributed by atoms with Gasteiger partial charge in [0.05, 0.1) is 0 Å². The van der Waals surface area contributed by atoms with E-state index in [1.807, 2.05) is 11.3 Å². The third kappa shape index (κ3) is 5.28. The van der Waals surface area contributed by atoms with Gasteiger partial charge in [0.1, 0.15) is 0 Å². The van der Waals surface area contributed by atoms with Gasteiger partial charge < -0.3 is 0 Å². The molecule has 2 aromatic carbocycles. The quantitative estimate of drug-likeness (QED) is 0.230. The topological polar surface area (TPSA) is 7.12 Å². The van der Waals surface area contributed by atoms with Gasteiger partial charge in [0.15, 0.2) is 0 Å². The molecule has 1 unspecified atom stereocenters. The fraction of sp³-hybridized carbons (Fsp3) is 0.406. The van der Waals surface area contributed by atoms with E-state index in [4.69, 9.17) is 0 Å². The van der Waals surface area contributed by atoms with Crippen LogP contribution < -0.4 is 13.9 Å². The molecule has 1 atom stereocenters. The Morgan fingerprint density at radius 2 is 1.86 bits per heavy atom. The van der Waals surface area contributed by atoms with Gasteiger partial charge in [-0.25, -0.2) is 0 Å². The number of nitrogens with zero attached hydrogens (tertiary/aromatic N) is 2. The number of anilines is 1. The minimum atomic E-state index is 0.283. The van der Waals surface area contributed by atoms with Crippen LogP contribution in [0.5, 0.6) is 0 Å². The third-order valence-electron chi connectivity index (χ3n) is 7.29. The van der Waals surface area contributed by atoms with Gasteiger partial charge in [-0.3, -0.25) is 0 Å². The number of benzene rings is 2. The minimum absolute atomic E-state index is 0.283. The molecule has 0 radical (unpaired) electrons. The molecule has 36 heavy (non-hydrogen) atoms. The summed E-state index contributed by atoms with van der Waals surface area (Å²) in [4.78, 5) is 3.26. The van der Waals surface area contributed by atoms with Gasteiger partial charge in [-0.05, 0) is 12.5 Å². The van der Waals surface area contributed by atoms with Crippen molar-refractivity contribution < 1.29 is 4.57 Å². The molecule has 0 saturated carbocycles. The molecular formula is C32H39N2SSe+. The molecule has 5 rings (SSSR count). The average Bonchev–Trinajstić information content (AvgIpc) is 3.33. The number of rotatable bonds is 6. The van der Waals surface area contributed by atoms with Crippen LogP contribution in [0.25, 0.3) is 16.3 Å². The Hall–Kier alpha value is -2.13. The molecule has 0 amide bonds. The standard InChI is InChI=1S/C32H39N2SSe/c1-7-33-26-16-22(3)12-14-28(26)35-30(33)19-25-18-24(20-32(5,6)21-25)10-9-11-31-34(8-2)27-17-23(4)13-15-29(27)36-31/h9-10,12-19,31H,7-8,11,20-21H2,1-6H3/q+1/b10-9+,25-19-. The van der Waals surface area contributed by atoms with E-state index in [-0.39, 0.29) is 5.41 Å². The van der Waals surface area contributed by atoms with Crippen molar-refractivity contribution in [2.75, 3.05) is 11.4 Å². The summed E-state index contributed by atoms with van der Waals surface area (Å²) in [6, 6.07) is 13.9. The predicted molar refractivity (Wildman–Crippen MR) is 159 cm³/mol. The molecule has 1 aliphatic heterocycles. The van der Waals surface area contributed by atoms with E-state index in [0.717, 1.165) is 32.4 Å². The van der Waals surface area contributed by atoms with E-state index in [2.05, 4.69) is 112 Å². The molecule has 2 aliphatic rings. The first-order valence-electron chi connectivity index (χ1n) is 13.3. The van der Waals surface area contributed by atoms with E-state index in [9.17, 15) is 0 Å². The average molecular weight is 563 g/mol. The van der Waals surface area contributed by atoms with Crippen molar-refractivity contribution in [3.63, 3.8) is 0 Å². The summed E-state index contributed by atoms with van der Waals surface area (Å²) in [5, 5.41) is 1.37. The maximum atomic E-state index is 2.63. The van der Waals surface area contributed by atoms with Crippen molar-refractivity contribution in [1.29, 1.82) is 0 Å². The Balaban J connectivity index is 1.38. The van der Waals surface area contributed by atoms with Gasteiger partial charge >= 0.3 is 210 Å². The van der Waals surface area contributed by atoms with Crippen LogP contribution in [-0.2, 0) is 6.54 Å². The monoisotopic (exact) mass is 563 g/mol. The number of hydrogen-bond donors (Lipinski definition) is 0. The van der Waals surface area contributed by atoms with Crippen LogP contribution >= 0.6 is 11.3 Å². The van der Waals surface area contributed by atoms with Crippen molar-refractivity contribution in [3.8, 4) is 0 Å². The van der Waals surface area contributed by atoms with Gasteiger partial charge in [-0.15, -0.1) is 0 Å². The second kappa shape index (κ2) is 10.3. The fourth-order valence-corrected chi connectivity index (χ4v) is 9.69. The fourth-order valence-electron chi connectivity index (χ4n) is 5.71. The van der Waals surface area contributed by atoms with E-state index >= 15 is 0 Å². The third-order valence-corrected chi connectivity index (χ3v) is 11.2. The van der Waals surface area contributed by atoms with Gasteiger partial charge in [0.2, 0.25) is 0 Å². The summed E-state index contributed by atoms with van der Waals surface area (Å²) < 4.78 is 5.43. The number of aromatic nitrogens is 1. The van der Waals surface area contributed by atoms with Gasteiger partial charge in [-0.1, -0.05) is 6.07 Å². The molecular weight excluding hydrogens is 523 g/mol. The van der Waals surface area contributed by atoms with E-state index in [1.54, 1.807) is 4.46 Å². The first kappa shape index (κ1) is 25.5. The summed E-state index contributed by atoms with van der Waals surface area (Å²) in [6.07, 6.45) is 13.2. The molecule has 3 aromatic rings. The van der Waals surface area contributed by atoms with Crippen LogP contribution in [0.2, 0.25) is 0 Å². The number of aryl methyl sites for hydroxylation is 3. The summed E-state index contributed by atoms with van der Waals surface area (Å²) in [5.74, 6) is 0. The molecule has 0 spiro atoms. The molecule has 2 nitrogen and oxygen atoms in total. The number of thiazole rings is 1. The van der Waals surface area contributed by atoms with Gasteiger partial charge in [-0.2, -0.15) is 0 Å². The first-order valence-corrected chi connectivity index (χ1v) is 16.0. The van der Waals surface area contributed by atoms with Crippen LogP contribution in [0.1, 0.15) is 63.1 Å². The summed E-state index contributed by atoms with van der Waals surface area (Å²) in [6.45, 7) is 15.9. The van der Waals surface area contributed by atoms with Crippen LogP contribution in [0.15, 0.2) is 65.8 Å². The number of hydrogen-bond acceptors (Lipinski definition) is 2. The molecule has 0 N–H and O–H groups in total. The van der Waals surface area contributed by atoms with Crippen molar-refractivity contribution in [3.05, 3.63) is 81.9 Å². The normalized spacial score (nSPS) is 20.5. The van der Waals surface area contributed by atoms with Crippen LogP contribution in [-0.4, -0.2) is 26.4 Å². The Morgan fingerprint density at radius 3 is 2.64 bits per heavy atom. The Kier molecular flexibility index (Phi) is 7.32. The van der Waals surface area contributed by atoms with Crippen LogP contribution in [0.4, 0.5) is 5.69 Å². The SMILES string of the molecule is CCN1c2cc(C)ccc2[Se]C1C/C=C/C1=CC(=C/c2sc3ccc(C)cc3[n+]2CC)/CC(C)(C)C1. The van der Waals surface area contributed by atoms with Gasteiger partial charge in [0.25, 0.3) is 0 Å².